The quantitative estimate of drug-likeness (QED) is 0.0320. The highest BCUT2D eigenvalue weighted by Gasteiger charge is 2.18. The van der Waals surface area contributed by atoms with Crippen molar-refractivity contribution in [1.82, 2.24) is 5.32 Å². The van der Waals surface area contributed by atoms with E-state index in [0.29, 0.717) is 19.4 Å². The topological polar surface area (TPSA) is 95.9 Å². The maximum absolute atomic E-state index is 12.5. The predicted octanol–water partition coefficient (Wildman–Crippen LogP) is 24.3. The largest absolute Gasteiger partial charge is 0.466 e. The zero-order valence-electron chi connectivity index (χ0n) is 55.3. The van der Waals surface area contributed by atoms with Gasteiger partial charge >= 0.3 is 5.97 Å². The lowest BCUT2D eigenvalue weighted by atomic mass is 10.0. The van der Waals surface area contributed by atoms with Gasteiger partial charge in [-0.25, -0.2) is 0 Å². The first-order valence-corrected chi connectivity index (χ1v) is 37.5. The normalized spacial score (nSPS) is 12.5. The number of amides is 1. The molecular weight excluding hydrogens is 995 g/mol. The maximum Gasteiger partial charge on any atom is 0.305 e. The number of carbonyl (C=O) groups excluding carboxylic acids is 2. The molecule has 0 fully saturated rings. The molecule has 2 unspecified atom stereocenters. The first kappa shape index (κ1) is 79.6. The van der Waals surface area contributed by atoms with Crippen LogP contribution in [0.15, 0.2) is 12.2 Å². The molecule has 0 aromatic rings. The number of rotatable bonds is 71. The van der Waals surface area contributed by atoms with Gasteiger partial charge in [-0.2, -0.15) is 0 Å². The highest BCUT2D eigenvalue weighted by Crippen LogP contribution is 2.20. The lowest BCUT2D eigenvalue weighted by Crippen LogP contribution is -2.45. The molecule has 0 aliphatic heterocycles. The van der Waals surface area contributed by atoms with E-state index in [9.17, 15) is 19.8 Å². The monoisotopic (exact) mass is 1140 g/mol. The van der Waals surface area contributed by atoms with Crippen LogP contribution in [0.25, 0.3) is 0 Å². The Bertz CT molecular complexity index is 1220. The molecule has 0 heterocycles. The van der Waals surface area contributed by atoms with Gasteiger partial charge in [-0.1, -0.05) is 398 Å². The third kappa shape index (κ3) is 67.6. The zero-order chi connectivity index (χ0) is 58.5. The van der Waals surface area contributed by atoms with Gasteiger partial charge in [0.15, 0.2) is 0 Å². The van der Waals surface area contributed by atoms with Gasteiger partial charge < -0.3 is 20.3 Å². The van der Waals surface area contributed by atoms with Crippen LogP contribution in [0.3, 0.4) is 0 Å². The van der Waals surface area contributed by atoms with Gasteiger partial charge in [0.1, 0.15) is 0 Å². The second-order valence-corrected chi connectivity index (χ2v) is 26.0. The zero-order valence-corrected chi connectivity index (χ0v) is 55.3. The molecular formula is C75H147NO5. The molecule has 6 heteroatoms. The maximum atomic E-state index is 12.5. The van der Waals surface area contributed by atoms with Crippen LogP contribution in [0.5, 0.6) is 0 Å². The highest BCUT2D eigenvalue weighted by molar-refractivity contribution is 5.76. The number of hydrogen-bond acceptors (Lipinski definition) is 5. The summed E-state index contributed by atoms with van der Waals surface area (Å²) in [5.41, 5.74) is 0. The SMILES string of the molecule is CCCCCCCCCCCCCCCCCC/C=C/C(O)C(CO)NC(=O)CCCCCCCCCCCCCCCCCCCCCCCCCCCCCCOC(=O)CCCCCCCCCCCCCCCCCCCC. The number of ether oxygens (including phenoxy) is 1. The summed E-state index contributed by atoms with van der Waals surface area (Å²) in [5.74, 6) is -0.0365. The van der Waals surface area contributed by atoms with Crippen molar-refractivity contribution in [3.8, 4) is 0 Å². The summed E-state index contributed by atoms with van der Waals surface area (Å²) in [6.45, 7) is 4.96. The Morgan fingerprint density at radius 3 is 0.840 bits per heavy atom. The van der Waals surface area contributed by atoms with Crippen molar-refractivity contribution in [1.29, 1.82) is 0 Å². The van der Waals surface area contributed by atoms with Crippen molar-refractivity contribution in [2.45, 2.75) is 443 Å². The number of esters is 1. The van der Waals surface area contributed by atoms with Gasteiger partial charge in [-0.05, 0) is 32.1 Å². The second-order valence-electron chi connectivity index (χ2n) is 26.0. The van der Waals surface area contributed by atoms with Crippen LogP contribution < -0.4 is 5.32 Å². The molecule has 2 atom stereocenters. The van der Waals surface area contributed by atoms with E-state index in [2.05, 4.69) is 19.2 Å². The summed E-state index contributed by atoms with van der Waals surface area (Å²) in [6, 6.07) is -0.625. The van der Waals surface area contributed by atoms with E-state index in [1.807, 2.05) is 6.08 Å². The molecule has 0 aliphatic carbocycles. The number of hydrogen-bond donors (Lipinski definition) is 3. The number of aliphatic hydroxyl groups excluding tert-OH is 2. The standard InChI is InChI=1S/C75H147NO5/c1-3-5-7-9-11-13-15-17-19-21-35-39-43-47-51-55-59-63-67-73(78)72(71-77)76-74(79)68-64-60-56-52-48-44-40-36-33-31-29-27-25-23-24-26-28-30-32-34-38-42-46-50-54-58-62-66-70-81-75(80)69-65-61-57-53-49-45-41-37-22-20-18-16-14-12-10-8-6-4-2/h63,67,72-73,77-78H,3-62,64-66,68-71H2,1-2H3,(H,76,79)/b67-63+. The molecule has 81 heavy (non-hydrogen) atoms. The molecule has 3 N–H and O–H groups in total. The van der Waals surface area contributed by atoms with Crippen molar-refractivity contribution < 1.29 is 24.5 Å². The fourth-order valence-electron chi connectivity index (χ4n) is 12.1. The molecule has 0 saturated heterocycles. The van der Waals surface area contributed by atoms with Gasteiger partial charge in [0.05, 0.1) is 25.4 Å². The fraction of sp³-hybridized carbons (Fsp3) is 0.947. The lowest BCUT2D eigenvalue weighted by Gasteiger charge is -2.20. The number of carbonyl (C=O) groups is 2. The minimum atomic E-state index is -0.842. The Morgan fingerprint density at radius 1 is 0.333 bits per heavy atom. The molecule has 0 saturated carbocycles. The van der Waals surface area contributed by atoms with Crippen LogP contribution in [0.4, 0.5) is 0 Å². The summed E-state index contributed by atoms with van der Waals surface area (Å²) >= 11 is 0. The van der Waals surface area contributed by atoms with Gasteiger partial charge in [0, 0.05) is 12.8 Å². The average Bonchev–Trinajstić information content (AvgIpc) is 3.47. The summed E-state index contributed by atoms with van der Waals surface area (Å²) in [6.07, 6.45) is 88.8. The van der Waals surface area contributed by atoms with E-state index in [4.69, 9.17) is 4.74 Å². The van der Waals surface area contributed by atoms with Crippen molar-refractivity contribution >= 4 is 11.9 Å². The van der Waals surface area contributed by atoms with Gasteiger partial charge in [-0.15, -0.1) is 0 Å². The van der Waals surface area contributed by atoms with Gasteiger partial charge in [0.25, 0.3) is 0 Å². The molecule has 482 valence electrons. The smallest absolute Gasteiger partial charge is 0.305 e. The van der Waals surface area contributed by atoms with Crippen LogP contribution in [0.1, 0.15) is 431 Å². The summed E-state index contributed by atoms with van der Waals surface area (Å²) in [4.78, 5) is 24.6. The van der Waals surface area contributed by atoms with Crippen molar-refractivity contribution in [2.24, 2.45) is 0 Å². The molecule has 0 aromatic carbocycles. The van der Waals surface area contributed by atoms with Crippen molar-refractivity contribution in [3.05, 3.63) is 12.2 Å². The minimum Gasteiger partial charge on any atom is -0.466 e. The van der Waals surface area contributed by atoms with E-state index < -0.39 is 12.1 Å². The first-order chi connectivity index (χ1) is 40.0. The second kappa shape index (κ2) is 71.1. The predicted molar refractivity (Wildman–Crippen MR) is 357 cm³/mol. The molecule has 0 spiro atoms. The molecule has 1 amide bonds. The summed E-state index contributed by atoms with van der Waals surface area (Å²) in [7, 11) is 0. The van der Waals surface area contributed by atoms with Gasteiger partial charge in [0.2, 0.25) is 5.91 Å². The molecule has 0 aromatic heterocycles. The van der Waals surface area contributed by atoms with E-state index in [0.717, 1.165) is 38.5 Å². The van der Waals surface area contributed by atoms with Crippen molar-refractivity contribution in [3.63, 3.8) is 0 Å². The third-order valence-electron chi connectivity index (χ3n) is 17.8. The van der Waals surface area contributed by atoms with Crippen LogP contribution in [-0.2, 0) is 14.3 Å². The Hall–Kier alpha value is -1.40. The lowest BCUT2D eigenvalue weighted by molar-refractivity contribution is -0.143. The van der Waals surface area contributed by atoms with Crippen molar-refractivity contribution in [2.75, 3.05) is 13.2 Å². The molecule has 0 radical (unpaired) electrons. The van der Waals surface area contributed by atoms with E-state index in [1.54, 1.807) is 6.08 Å². The molecule has 0 aliphatic rings. The Morgan fingerprint density at radius 2 is 0.568 bits per heavy atom. The fourth-order valence-corrected chi connectivity index (χ4v) is 12.1. The van der Waals surface area contributed by atoms with E-state index >= 15 is 0 Å². The molecule has 0 bridgehead atoms. The minimum absolute atomic E-state index is 0.0240. The van der Waals surface area contributed by atoms with Crippen LogP contribution >= 0.6 is 0 Å². The van der Waals surface area contributed by atoms with E-state index in [1.165, 1.54) is 366 Å². The highest BCUT2D eigenvalue weighted by atomic mass is 16.5. The number of aliphatic hydroxyl groups is 2. The number of allylic oxidation sites excluding steroid dienone is 1. The summed E-state index contributed by atoms with van der Waals surface area (Å²) < 4.78 is 5.52. The average molecular weight is 1140 g/mol. The number of nitrogens with one attached hydrogen (secondary N) is 1. The van der Waals surface area contributed by atoms with E-state index in [-0.39, 0.29) is 18.5 Å². The Kier molecular flexibility index (Phi) is 69.9. The summed E-state index contributed by atoms with van der Waals surface area (Å²) in [5, 5.41) is 23.2. The number of unbranched alkanes of at least 4 members (excludes halogenated alkanes) is 60. The van der Waals surface area contributed by atoms with Crippen LogP contribution in [0, 0.1) is 0 Å². The van der Waals surface area contributed by atoms with Gasteiger partial charge in [-0.3, -0.25) is 9.59 Å². The first-order valence-electron chi connectivity index (χ1n) is 37.5. The van der Waals surface area contributed by atoms with Crippen LogP contribution in [0.2, 0.25) is 0 Å². The van der Waals surface area contributed by atoms with Crippen LogP contribution in [-0.4, -0.2) is 47.4 Å². The third-order valence-corrected chi connectivity index (χ3v) is 17.8. The molecule has 0 rings (SSSR count). The Labute approximate surface area is 508 Å². The Balaban J connectivity index is 3.34. The molecule has 6 nitrogen and oxygen atoms in total.